The molecule has 2 N–H and O–H groups in total. The fourth-order valence-corrected chi connectivity index (χ4v) is 5.08. The van der Waals surface area contributed by atoms with E-state index in [1.54, 1.807) is 6.20 Å². The largest absolute Gasteiger partial charge is 0.474 e. The van der Waals surface area contributed by atoms with E-state index in [9.17, 15) is 9.90 Å². The van der Waals surface area contributed by atoms with Gasteiger partial charge >= 0.3 is 0 Å². The van der Waals surface area contributed by atoms with Gasteiger partial charge < -0.3 is 15.2 Å². The molecule has 1 unspecified atom stereocenters. The van der Waals surface area contributed by atoms with E-state index < -0.39 is 12.5 Å². The van der Waals surface area contributed by atoms with Crippen molar-refractivity contribution in [2.75, 3.05) is 6.61 Å². The predicted octanol–water partition coefficient (Wildman–Crippen LogP) is 3.00. The number of carbonyl (C=O) groups excluding carboxylic acids is 1. The summed E-state index contributed by atoms with van der Waals surface area (Å²) in [4.78, 5) is 16.1. The number of rotatable bonds is 5. The summed E-state index contributed by atoms with van der Waals surface area (Å²) in [5.74, 6) is 2.28. The molecule has 0 spiro atoms. The second-order valence-corrected chi connectivity index (χ2v) is 9.11. The van der Waals surface area contributed by atoms with Crippen LogP contribution in [0.5, 0.6) is 5.88 Å². The zero-order chi connectivity index (χ0) is 22.8. The van der Waals surface area contributed by atoms with Crippen LogP contribution in [0.25, 0.3) is 5.69 Å². The average molecular weight is 468 g/mol. The van der Waals surface area contributed by atoms with Gasteiger partial charge in [0.1, 0.15) is 24.4 Å². The molecular formula is C24H26ClN5O3. The van der Waals surface area contributed by atoms with Crippen molar-refractivity contribution in [2.45, 2.75) is 56.6 Å². The first-order valence-electron chi connectivity index (χ1n) is 11.3. The van der Waals surface area contributed by atoms with Crippen LogP contribution in [-0.4, -0.2) is 49.5 Å². The highest BCUT2D eigenvalue weighted by atomic mass is 35.5. The van der Waals surface area contributed by atoms with Crippen LogP contribution in [0.2, 0.25) is 5.02 Å². The number of ether oxygens (including phenoxy) is 1. The topological polar surface area (TPSA) is 102 Å². The van der Waals surface area contributed by atoms with Gasteiger partial charge in [0.05, 0.1) is 5.69 Å². The lowest BCUT2D eigenvalue weighted by Gasteiger charge is -2.28. The molecule has 172 valence electrons. The van der Waals surface area contributed by atoms with Crippen LogP contribution in [0.4, 0.5) is 0 Å². The van der Waals surface area contributed by atoms with Gasteiger partial charge in [-0.05, 0) is 61.9 Å². The molecule has 1 aliphatic carbocycles. The molecule has 1 aliphatic heterocycles. The molecule has 2 aromatic heterocycles. The van der Waals surface area contributed by atoms with Crippen molar-refractivity contribution >= 4 is 17.5 Å². The number of hydrogen-bond acceptors (Lipinski definition) is 6. The summed E-state index contributed by atoms with van der Waals surface area (Å²) in [7, 11) is 0. The minimum absolute atomic E-state index is 0.145. The zero-order valence-electron chi connectivity index (χ0n) is 18.2. The number of hydrogen-bond donors (Lipinski definition) is 2. The first kappa shape index (κ1) is 21.9. The molecule has 9 heteroatoms. The lowest BCUT2D eigenvalue weighted by molar-refractivity contribution is -0.124. The zero-order valence-corrected chi connectivity index (χ0v) is 18.9. The molecule has 8 nitrogen and oxygen atoms in total. The van der Waals surface area contributed by atoms with E-state index in [2.05, 4.69) is 25.1 Å². The number of benzene rings is 1. The van der Waals surface area contributed by atoms with Crippen molar-refractivity contribution in [1.29, 1.82) is 0 Å². The molecule has 1 fully saturated rings. The fraction of sp³-hybridized carbons (Fsp3) is 0.417. The van der Waals surface area contributed by atoms with Gasteiger partial charge in [-0.1, -0.05) is 17.7 Å². The number of nitrogens with zero attached hydrogens (tertiary/aromatic N) is 4. The van der Waals surface area contributed by atoms with E-state index in [0.717, 1.165) is 48.6 Å². The van der Waals surface area contributed by atoms with E-state index in [1.165, 1.54) is 0 Å². The van der Waals surface area contributed by atoms with Crippen LogP contribution in [-0.2, 0) is 17.6 Å². The van der Waals surface area contributed by atoms with Crippen molar-refractivity contribution in [2.24, 2.45) is 0 Å². The van der Waals surface area contributed by atoms with E-state index in [4.69, 9.17) is 16.3 Å². The highest BCUT2D eigenvalue weighted by Gasteiger charge is 2.32. The van der Waals surface area contributed by atoms with Crippen LogP contribution in [0, 0.1) is 0 Å². The molecule has 1 amide bonds. The standard InChI is InChI=1S/C24H26ClN5O3/c25-17-6-9-20-16(11-17)12-18(27-22(32)14-31)13-21-28-29-24(30(20)21)15-4-7-19(8-5-15)33-23-3-1-2-10-26-23/h1-3,6,9-11,15,18-19,31H,4-5,7-8,12-14H2,(H,27,32)/t15-,18?,19-. The molecule has 1 aromatic carbocycles. The molecule has 33 heavy (non-hydrogen) atoms. The number of nitrogens with one attached hydrogen (secondary N) is 1. The Bertz CT molecular complexity index is 1130. The van der Waals surface area contributed by atoms with Crippen molar-refractivity contribution in [3.8, 4) is 11.6 Å². The average Bonchev–Trinajstić information content (AvgIpc) is 3.17. The SMILES string of the molecule is O=C(CO)NC1Cc2cc(Cl)ccc2-n2c(nnc2[C@H]2CC[C@H](Oc3ccccn3)CC2)C1. The molecule has 0 bridgehead atoms. The molecule has 1 saturated carbocycles. The smallest absolute Gasteiger partial charge is 0.245 e. The van der Waals surface area contributed by atoms with E-state index in [1.807, 2.05) is 36.4 Å². The van der Waals surface area contributed by atoms with Gasteiger partial charge in [0.2, 0.25) is 11.8 Å². The molecule has 1 atom stereocenters. The van der Waals surface area contributed by atoms with Gasteiger partial charge in [0.15, 0.2) is 0 Å². The number of aliphatic hydroxyl groups is 1. The summed E-state index contributed by atoms with van der Waals surface area (Å²) in [6.07, 6.45) is 6.77. The number of carbonyl (C=O) groups is 1. The lowest BCUT2D eigenvalue weighted by Crippen LogP contribution is -2.39. The lowest BCUT2D eigenvalue weighted by atomic mass is 9.86. The summed E-state index contributed by atoms with van der Waals surface area (Å²) in [5.41, 5.74) is 2.03. The van der Waals surface area contributed by atoms with Gasteiger partial charge in [-0.3, -0.25) is 9.36 Å². The Kier molecular flexibility index (Phi) is 6.28. The Hall–Kier alpha value is -2.97. The molecule has 3 heterocycles. The van der Waals surface area contributed by atoms with Gasteiger partial charge in [0, 0.05) is 35.7 Å². The van der Waals surface area contributed by atoms with Crippen molar-refractivity contribution in [3.05, 3.63) is 64.8 Å². The van der Waals surface area contributed by atoms with Gasteiger partial charge in [-0.2, -0.15) is 0 Å². The number of pyridine rings is 1. The maximum Gasteiger partial charge on any atom is 0.245 e. The third-order valence-corrected chi connectivity index (χ3v) is 6.64. The fourth-order valence-electron chi connectivity index (χ4n) is 4.88. The predicted molar refractivity (Wildman–Crippen MR) is 123 cm³/mol. The minimum atomic E-state index is -0.541. The third kappa shape index (κ3) is 4.72. The first-order chi connectivity index (χ1) is 16.1. The van der Waals surface area contributed by atoms with Crippen LogP contribution in [0.15, 0.2) is 42.6 Å². The second kappa shape index (κ2) is 9.49. The summed E-state index contributed by atoms with van der Waals surface area (Å²) >= 11 is 6.30. The summed E-state index contributed by atoms with van der Waals surface area (Å²) < 4.78 is 8.20. The van der Waals surface area contributed by atoms with E-state index >= 15 is 0 Å². The van der Waals surface area contributed by atoms with Crippen LogP contribution in [0.3, 0.4) is 0 Å². The van der Waals surface area contributed by atoms with Gasteiger partial charge in [-0.25, -0.2) is 4.98 Å². The molecule has 0 radical (unpaired) electrons. The number of aliphatic hydroxyl groups excluding tert-OH is 1. The number of amides is 1. The summed E-state index contributed by atoms with van der Waals surface area (Å²) in [6.45, 7) is -0.541. The molecule has 2 aliphatic rings. The minimum Gasteiger partial charge on any atom is -0.474 e. The van der Waals surface area contributed by atoms with Gasteiger partial charge in [-0.15, -0.1) is 10.2 Å². The maximum absolute atomic E-state index is 11.9. The Morgan fingerprint density at radius 1 is 1.15 bits per heavy atom. The van der Waals surface area contributed by atoms with E-state index in [0.29, 0.717) is 23.7 Å². The highest BCUT2D eigenvalue weighted by Crippen LogP contribution is 2.37. The van der Waals surface area contributed by atoms with E-state index in [-0.39, 0.29) is 18.1 Å². The highest BCUT2D eigenvalue weighted by molar-refractivity contribution is 6.30. The maximum atomic E-state index is 11.9. The van der Waals surface area contributed by atoms with Crippen molar-refractivity contribution < 1.29 is 14.6 Å². The molecule has 5 rings (SSSR count). The summed E-state index contributed by atoms with van der Waals surface area (Å²) in [5, 5.41) is 21.8. The molecule has 0 saturated heterocycles. The molecular weight excluding hydrogens is 442 g/mol. The molecule has 3 aromatic rings. The normalized spacial score (nSPS) is 22.1. The van der Waals surface area contributed by atoms with Crippen LogP contribution < -0.4 is 10.1 Å². The van der Waals surface area contributed by atoms with Crippen LogP contribution in [0.1, 0.15) is 48.8 Å². The third-order valence-electron chi connectivity index (χ3n) is 6.41. The van der Waals surface area contributed by atoms with Gasteiger partial charge in [0.25, 0.3) is 0 Å². The van der Waals surface area contributed by atoms with Crippen molar-refractivity contribution in [3.63, 3.8) is 0 Å². The first-order valence-corrected chi connectivity index (χ1v) is 11.7. The second-order valence-electron chi connectivity index (χ2n) is 8.67. The quantitative estimate of drug-likeness (QED) is 0.598. The number of fused-ring (bicyclic) bond motifs is 3. The Balaban J connectivity index is 1.39. The van der Waals surface area contributed by atoms with Crippen molar-refractivity contribution in [1.82, 2.24) is 25.1 Å². The Morgan fingerprint density at radius 2 is 2.00 bits per heavy atom. The number of aromatic nitrogens is 4. The van der Waals surface area contributed by atoms with Crippen LogP contribution >= 0.6 is 11.6 Å². The summed E-state index contributed by atoms with van der Waals surface area (Å²) in [6, 6.07) is 11.3. The Morgan fingerprint density at radius 3 is 2.76 bits per heavy atom. The Labute approximate surface area is 197 Å². The number of halogens is 1. The monoisotopic (exact) mass is 467 g/mol.